The average Bonchev–Trinajstić information content (AvgIpc) is 3.12. The van der Waals surface area contributed by atoms with Crippen molar-refractivity contribution in [3.63, 3.8) is 0 Å². The van der Waals surface area contributed by atoms with Crippen LogP contribution in [0.15, 0.2) is 91.0 Å². The van der Waals surface area contributed by atoms with Crippen molar-refractivity contribution in [3.05, 3.63) is 108 Å². The highest BCUT2D eigenvalue weighted by Crippen LogP contribution is 2.39. The van der Waals surface area contributed by atoms with Gasteiger partial charge in [0.1, 0.15) is 5.41 Å². The smallest absolute Gasteiger partial charge is 0.316 e. The van der Waals surface area contributed by atoms with Crippen molar-refractivity contribution >= 4 is 5.97 Å². The quantitative estimate of drug-likeness (QED) is 0.159. The summed E-state index contributed by atoms with van der Waals surface area (Å²) in [6.45, 7) is 6.31. The van der Waals surface area contributed by atoms with Crippen LogP contribution in [0.2, 0.25) is 0 Å². The second-order valence-corrected chi connectivity index (χ2v) is 12.1. The van der Waals surface area contributed by atoms with Crippen molar-refractivity contribution in [3.8, 4) is 6.07 Å². The van der Waals surface area contributed by atoms with Crippen molar-refractivity contribution in [2.75, 3.05) is 46.1 Å². The van der Waals surface area contributed by atoms with Crippen LogP contribution >= 0.6 is 0 Å². The minimum absolute atomic E-state index is 0.0956. The fraction of sp³-hybridized carbons (Fsp3) is 0.474. The first-order valence-corrected chi connectivity index (χ1v) is 16.2. The van der Waals surface area contributed by atoms with E-state index in [4.69, 9.17) is 20.1 Å². The molecule has 1 aliphatic heterocycles. The molecule has 1 heterocycles. The van der Waals surface area contributed by atoms with E-state index in [9.17, 15) is 10.1 Å². The molecule has 1 aliphatic rings. The minimum atomic E-state index is -0.713. The largest absolute Gasteiger partial charge is 0.465 e. The van der Waals surface area contributed by atoms with Gasteiger partial charge in [-0.1, -0.05) is 111 Å². The second kappa shape index (κ2) is 17.8. The van der Waals surface area contributed by atoms with Gasteiger partial charge in [0.2, 0.25) is 0 Å². The number of benzene rings is 3. The molecule has 0 spiro atoms. The third-order valence-corrected chi connectivity index (χ3v) is 9.44. The molecule has 7 heteroatoms. The summed E-state index contributed by atoms with van der Waals surface area (Å²) in [7, 11) is 0. The highest BCUT2D eigenvalue weighted by Gasteiger charge is 2.45. The number of carbonyl (C=O) groups excluding carboxylic acids is 1. The molecule has 0 aromatic heterocycles. The molecule has 3 aromatic carbocycles. The van der Waals surface area contributed by atoms with Crippen LogP contribution in [0.4, 0.5) is 0 Å². The maximum absolute atomic E-state index is 13.4. The van der Waals surface area contributed by atoms with Crippen molar-refractivity contribution in [2.24, 2.45) is 5.41 Å². The second-order valence-electron chi connectivity index (χ2n) is 12.1. The Bertz CT molecular complexity index is 1240. The topological polar surface area (TPSA) is 114 Å². The number of aliphatic hydroxyl groups is 3. The van der Waals surface area contributed by atoms with Gasteiger partial charge in [0.15, 0.2) is 0 Å². The van der Waals surface area contributed by atoms with E-state index in [1.54, 1.807) is 0 Å². The molecule has 0 bridgehead atoms. The number of nitriles is 1. The first-order chi connectivity index (χ1) is 21.9. The highest BCUT2D eigenvalue weighted by molar-refractivity contribution is 5.83. The molecule has 0 atom stereocenters. The van der Waals surface area contributed by atoms with Gasteiger partial charge in [0, 0.05) is 12.0 Å². The van der Waals surface area contributed by atoms with E-state index in [0.29, 0.717) is 19.4 Å². The van der Waals surface area contributed by atoms with Crippen LogP contribution in [0, 0.1) is 16.7 Å². The van der Waals surface area contributed by atoms with Crippen molar-refractivity contribution in [1.29, 1.82) is 5.26 Å². The van der Waals surface area contributed by atoms with E-state index in [1.165, 1.54) is 0 Å². The molecule has 0 radical (unpaired) electrons. The first kappa shape index (κ1) is 35.9. The summed E-state index contributed by atoms with van der Waals surface area (Å²) in [5, 5.41) is 36.5. The monoisotopic (exact) mass is 614 g/mol. The molecule has 0 saturated carbocycles. The number of ether oxygens (including phenoxy) is 1. The number of esters is 1. The van der Waals surface area contributed by atoms with Crippen LogP contribution in [0.1, 0.15) is 69.1 Å². The van der Waals surface area contributed by atoms with E-state index in [0.717, 1.165) is 62.0 Å². The molecule has 4 rings (SSSR count). The summed E-state index contributed by atoms with van der Waals surface area (Å²) >= 11 is 0. The number of likely N-dealkylation sites (tertiary alicyclic amines) is 1. The first-order valence-electron chi connectivity index (χ1n) is 16.2. The molecule has 0 amide bonds. The van der Waals surface area contributed by atoms with Gasteiger partial charge in [0.25, 0.3) is 0 Å². The Morgan fingerprint density at radius 2 is 1.33 bits per heavy atom. The molecule has 3 aromatic rings. The zero-order valence-electron chi connectivity index (χ0n) is 26.9. The summed E-state index contributed by atoms with van der Waals surface area (Å²) in [5.74, 6) is -0.0956. The Morgan fingerprint density at radius 1 is 0.844 bits per heavy atom. The van der Waals surface area contributed by atoms with Crippen molar-refractivity contribution in [2.45, 2.75) is 63.2 Å². The van der Waals surface area contributed by atoms with Gasteiger partial charge in [0.05, 0.1) is 37.9 Å². The average molecular weight is 615 g/mol. The normalized spacial score (nSPS) is 14.9. The minimum Gasteiger partial charge on any atom is -0.465 e. The van der Waals surface area contributed by atoms with E-state index >= 15 is 0 Å². The van der Waals surface area contributed by atoms with Crippen LogP contribution in [-0.4, -0.2) is 72.3 Å². The third kappa shape index (κ3) is 8.80. The molecule has 0 aliphatic carbocycles. The molecule has 242 valence electrons. The summed E-state index contributed by atoms with van der Waals surface area (Å²) in [4.78, 5) is 15.8. The van der Waals surface area contributed by atoms with Crippen LogP contribution in [0.5, 0.6) is 0 Å². The Kier molecular flexibility index (Phi) is 14.2. The van der Waals surface area contributed by atoms with E-state index in [2.05, 4.69) is 54.3 Å². The number of piperidine rings is 1. The fourth-order valence-electron chi connectivity index (χ4n) is 5.87. The van der Waals surface area contributed by atoms with Crippen molar-refractivity contribution < 1.29 is 24.9 Å². The van der Waals surface area contributed by atoms with Crippen molar-refractivity contribution in [1.82, 2.24) is 4.90 Å². The van der Waals surface area contributed by atoms with Crippen LogP contribution in [0.3, 0.4) is 0 Å². The predicted molar refractivity (Wildman–Crippen MR) is 178 cm³/mol. The molecule has 7 nitrogen and oxygen atoms in total. The number of unbranched alkanes of at least 4 members (excludes halogenated alkanes) is 1. The number of rotatable bonds is 14. The van der Waals surface area contributed by atoms with E-state index < -0.39 is 16.2 Å². The Balaban J connectivity index is 0.000000535. The molecular formula is C38H50N2O5. The maximum Gasteiger partial charge on any atom is 0.316 e. The molecule has 3 N–H and O–H groups in total. The summed E-state index contributed by atoms with van der Waals surface area (Å²) < 4.78 is 5.76. The van der Waals surface area contributed by atoms with Crippen LogP contribution in [-0.2, 0) is 20.4 Å². The fourth-order valence-corrected chi connectivity index (χ4v) is 5.87. The molecule has 0 unspecified atom stereocenters. The Labute approximate surface area is 269 Å². The molecule has 45 heavy (non-hydrogen) atoms. The summed E-state index contributed by atoms with van der Waals surface area (Å²) in [5.41, 5.74) is 1.11. The SMILES string of the molecule is CCC(CO)(CO)CO.CCCCOC(=O)C1(c2ccccc2)CCN(CCC(C#N)(c2ccccc2)c2ccccc2)CC1. The molecule has 1 fully saturated rings. The van der Waals surface area contributed by atoms with Gasteiger partial charge < -0.3 is 25.0 Å². The van der Waals surface area contributed by atoms with Gasteiger partial charge >= 0.3 is 5.97 Å². The zero-order valence-corrected chi connectivity index (χ0v) is 26.9. The van der Waals surface area contributed by atoms with Gasteiger partial charge in [-0.05, 0) is 61.9 Å². The van der Waals surface area contributed by atoms with E-state index in [1.807, 2.05) is 61.5 Å². The Hall–Kier alpha value is -3.54. The molecular weight excluding hydrogens is 564 g/mol. The summed E-state index contributed by atoms with van der Waals surface area (Å²) in [6.07, 6.45) is 4.62. The van der Waals surface area contributed by atoms with Gasteiger partial charge in [-0.3, -0.25) is 4.79 Å². The number of hydrogen-bond acceptors (Lipinski definition) is 7. The van der Waals surface area contributed by atoms with Gasteiger partial charge in [-0.15, -0.1) is 0 Å². The van der Waals surface area contributed by atoms with Crippen LogP contribution < -0.4 is 0 Å². The lowest BCUT2D eigenvalue weighted by molar-refractivity contribution is -0.153. The number of hydrogen-bond donors (Lipinski definition) is 3. The predicted octanol–water partition coefficient (Wildman–Crippen LogP) is 5.62. The standard InChI is InChI=1S/C32H36N2O2.C6H14O3/c1-2-3-25-36-30(35)31(27-13-7-4-8-14-27)19-22-34(23-20-31)24-21-32(26-33,28-15-9-5-10-16-28)29-17-11-6-12-18-29;1-2-6(3-7,4-8)5-9/h4-18H,2-3,19-25H2,1H3;7-9H,2-5H2,1H3. The lowest BCUT2D eigenvalue weighted by Gasteiger charge is -2.41. The number of aliphatic hydroxyl groups excluding tert-OH is 3. The zero-order chi connectivity index (χ0) is 32.6. The number of nitrogens with zero attached hydrogens (tertiary/aromatic N) is 2. The lowest BCUT2D eigenvalue weighted by Crippen LogP contribution is -2.49. The third-order valence-electron chi connectivity index (χ3n) is 9.44. The Morgan fingerprint density at radius 3 is 1.73 bits per heavy atom. The number of carbonyl (C=O) groups is 1. The van der Waals surface area contributed by atoms with E-state index in [-0.39, 0.29) is 25.8 Å². The van der Waals surface area contributed by atoms with Gasteiger partial charge in [-0.25, -0.2) is 0 Å². The maximum atomic E-state index is 13.4. The highest BCUT2D eigenvalue weighted by atomic mass is 16.5. The van der Waals surface area contributed by atoms with Gasteiger partial charge in [-0.2, -0.15) is 5.26 Å². The summed E-state index contributed by atoms with van der Waals surface area (Å²) in [6, 6.07) is 33.0. The molecule has 1 saturated heterocycles. The lowest BCUT2D eigenvalue weighted by atomic mass is 9.71. The van der Waals surface area contributed by atoms with Crippen LogP contribution in [0.25, 0.3) is 0 Å².